The number of halogens is 3. The van der Waals surface area contributed by atoms with Crippen LogP contribution in [0.25, 0.3) is 0 Å². The lowest BCUT2D eigenvalue weighted by atomic mass is 10.2. The third-order valence-corrected chi connectivity index (χ3v) is 3.33. The standard InChI is InChI=1S/C14H10Cl2FNO2/c15-9-3-1-5-11(17)8(9)7-20-14(19)13-10(16)4-2-6-12(13)18/h1-6H,7,18H2. The molecule has 0 saturated heterocycles. The predicted octanol–water partition coefficient (Wildman–Crippen LogP) is 4.07. The molecule has 0 fully saturated rings. The zero-order valence-corrected chi connectivity index (χ0v) is 11.7. The number of benzene rings is 2. The SMILES string of the molecule is Nc1cccc(Cl)c1C(=O)OCc1c(F)cccc1Cl. The van der Waals surface area contributed by atoms with Gasteiger partial charge in [0.25, 0.3) is 0 Å². The number of ether oxygens (including phenoxy) is 1. The lowest BCUT2D eigenvalue weighted by Gasteiger charge is -2.10. The van der Waals surface area contributed by atoms with E-state index in [4.69, 9.17) is 33.7 Å². The molecule has 0 heterocycles. The summed E-state index contributed by atoms with van der Waals surface area (Å²) in [6.45, 7) is -0.297. The largest absolute Gasteiger partial charge is 0.457 e. The van der Waals surface area contributed by atoms with Crippen molar-refractivity contribution in [3.05, 3.63) is 63.4 Å². The fraction of sp³-hybridized carbons (Fsp3) is 0.0714. The topological polar surface area (TPSA) is 52.3 Å². The molecule has 0 amide bonds. The van der Waals surface area contributed by atoms with Crippen molar-refractivity contribution in [3.8, 4) is 0 Å². The van der Waals surface area contributed by atoms with Gasteiger partial charge in [-0.25, -0.2) is 9.18 Å². The molecule has 104 valence electrons. The highest BCUT2D eigenvalue weighted by molar-refractivity contribution is 6.34. The third-order valence-electron chi connectivity index (χ3n) is 2.66. The van der Waals surface area contributed by atoms with Crippen molar-refractivity contribution in [2.24, 2.45) is 0 Å². The Morgan fingerprint density at radius 3 is 2.45 bits per heavy atom. The summed E-state index contributed by atoms with van der Waals surface area (Å²) in [5.74, 6) is -1.27. The lowest BCUT2D eigenvalue weighted by molar-refractivity contribution is 0.0470. The number of nitrogens with two attached hydrogens (primary N) is 1. The highest BCUT2D eigenvalue weighted by Crippen LogP contribution is 2.24. The van der Waals surface area contributed by atoms with Crippen molar-refractivity contribution >= 4 is 34.9 Å². The Morgan fingerprint density at radius 2 is 1.80 bits per heavy atom. The van der Waals surface area contributed by atoms with Crippen LogP contribution in [0, 0.1) is 5.82 Å². The lowest BCUT2D eigenvalue weighted by Crippen LogP contribution is -2.10. The maximum absolute atomic E-state index is 13.5. The first-order chi connectivity index (χ1) is 9.50. The number of rotatable bonds is 3. The molecule has 2 aromatic carbocycles. The monoisotopic (exact) mass is 313 g/mol. The molecule has 0 saturated carbocycles. The van der Waals surface area contributed by atoms with Crippen molar-refractivity contribution in [2.75, 3.05) is 5.73 Å². The predicted molar refractivity (Wildman–Crippen MR) is 76.4 cm³/mol. The van der Waals surface area contributed by atoms with Gasteiger partial charge in [-0.3, -0.25) is 0 Å². The fourth-order valence-electron chi connectivity index (χ4n) is 1.64. The van der Waals surface area contributed by atoms with Crippen molar-refractivity contribution in [1.29, 1.82) is 0 Å². The summed E-state index contributed by atoms with van der Waals surface area (Å²) in [5, 5.41) is 0.361. The van der Waals surface area contributed by atoms with Gasteiger partial charge in [-0.15, -0.1) is 0 Å². The van der Waals surface area contributed by atoms with Crippen LogP contribution in [0.4, 0.5) is 10.1 Å². The van der Waals surface area contributed by atoms with Crippen LogP contribution < -0.4 is 5.73 Å². The van der Waals surface area contributed by atoms with Crippen molar-refractivity contribution < 1.29 is 13.9 Å². The first-order valence-electron chi connectivity index (χ1n) is 5.64. The maximum Gasteiger partial charge on any atom is 0.342 e. The molecule has 0 bridgehead atoms. The Balaban J connectivity index is 2.17. The molecule has 0 aliphatic carbocycles. The molecule has 0 radical (unpaired) electrons. The highest BCUT2D eigenvalue weighted by atomic mass is 35.5. The molecular formula is C14H10Cl2FNO2. The summed E-state index contributed by atoms with van der Waals surface area (Å²) in [6.07, 6.45) is 0. The first-order valence-corrected chi connectivity index (χ1v) is 6.40. The minimum absolute atomic E-state index is 0.0571. The number of nitrogen functional groups attached to an aromatic ring is 1. The van der Waals surface area contributed by atoms with Gasteiger partial charge in [0.15, 0.2) is 0 Å². The van der Waals surface area contributed by atoms with Gasteiger partial charge in [-0.2, -0.15) is 0 Å². The van der Waals surface area contributed by atoms with E-state index in [-0.39, 0.29) is 33.5 Å². The van der Waals surface area contributed by atoms with Crippen molar-refractivity contribution in [2.45, 2.75) is 6.61 Å². The van der Waals surface area contributed by atoms with Crippen LogP contribution in [0.15, 0.2) is 36.4 Å². The number of hydrogen-bond acceptors (Lipinski definition) is 3. The highest BCUT2D eigenvalue weighted by Gasteiger charge is 2.17. The van der Waals surface area contributed by atoms with Crippen LogP contribution in [0.5, 0.6) is 0 Å². The van der Waals surface area contributed by atoms with Gasteiger partial charge in [0.1, 0.15) is 18.0 Å². The molecule has 6 heteroatoms. The normalized spacial score (nSPS) is 10.3. The average molecular weight is 314 g/mol. The van der Waals surface area contributed by atoms with Gasteiger partial charge in [0, 0.05) is 11.3 Å². The van der Waals surface area contributed by atoms with E-state index in [1.807, 2.05) is 0 Å². The number of esters is 1. The van der Waals surface area contributed by atoms with E-state index in [1.165, 1.54) is 30.3 Å². The summed E-state index contributed by atoms with van der Waals surface area (Å²) in [5.41, 5.74) is 6.02. The van der Waals surface area contributed by atoms with Crippen LogP contribution in [0.1, 0.15) is 15.9 Å². The van der Waals surface area contributed by atoms with E-state index in [9.17, 15) is 9.18 Å². The Bertz CT molecular complexity index is 621. The molecule has 0 aromatic heterocycles. The molecular weight excluding hydrogens is 304 g/mol. The quantitative estimate of drug-likeness (QED) is 0.686. The van der Waals surface area contributed by atoms with Crippen LogP contribution in [0.2, 0.25) is 10.0 Å². The second-order valence-electron chi connectivity index (χ2n) is 3.98. The van der Waals surface area contributed by atoms with Gasteiger partial charge in [-0.05, 0) is 24.3 Å². The van der Waals surface area contributed by atoms with Gasteiger partial charge >= 0.3 is 5.97 Å². The Hall–Kier alpha value is -1.78. The van der Waals surface area contributed by atoms with Gasteiger partial charge in [0.2, 0.25) is 0 Å². The van der Waals surface area contributed by atoms with E-state index < -0.39 is 11.8 Å². The molecule has 2 aromatic rings. The zero-order chi connectivity index (χ0) is 14.7. The van der Waals surface area contributed by atoms with Gasteiger partial charge < -0.3 is 10.5 Å². The zero-order valence-electron chi connectivity index (χ0n) is 10.2. The molecule has 3 nitrogen and oxygen atoms in total. The van der Waals surface area contributed by atoms with Crippen LogP contribution >= 0.6 is 23.2 Å². The molecule has 0 unspecified atom stereocenters. The van der Waals surface area contributed by atoms with Crippen molar-refractivity contribution in [3.63, 3.8) is 0 Å². The summed E-state index contributed by atoms with van der Waals surface area (Å²) in [7, 11) is 0. The number of carbonyl (C=O) groups is 1. The van der Waals surface area contributed by atoms with Crippen LogP contribution in [-0.4, -0.2) is 5.97 Å². The van der Waals surface area contributed by atoms with E-state index in [2.05, 4.69) is 0 Å². The minimum Gasteiger partial charge on any atom is -0.457 e. The smallest absolute Gasteiger partial charge is 0.342 e. The van der Waals surface area contributed by atoms with Gasteiger partial charge in [0.05, 0.1) is 10.0 Å². The second-order valence-corrected chi connectivity index (χ2v) is 4.79. The van der Waals surface area contributed by atoms with Crippen LogP contribution in [0.3, 0.4) is 0 Å². The summed E-state index contributed by atoms with van der Waals surface area (Å²) < 4.78 is 18.5. The maximum atomic E-state index is 13.5. The number of anilines is 1. The molecule has 0 atom stereocenters. The number of carbonyl (C=O) groups excluding carboxylic acids is 1. The van der Waals surface area contributed by atoms with E-state index in [1.54, 1.807) is 6.07 Å². The van der Waals surface area contributed by atoms with E-state index in [0.717, 1.165) is 0 Å². The van der Waals surface area contributed by atoms with E-state index >= 15 is 0 Å². The Kier molecular flexibility index (Phi) is 4.47. The molecule has 0 aliphatic rings. The van der Waals surface area contributed by atoms with Gasteiger partial charge in [-0.1, -0.05) is 35.3 Å². The summed E-state index contributed by atoms with van der Waals surface area (Å²) >= 11 is 11.7. The second kappa shape index (κ2) is 6.11. The van der Waals surface area contributed by atoms with Crippen LogP contribution in [-0.2, 0) is 11.3 Å². The summed E-state index contributed by atoms with van der Waals surface area (Å²) in [4.78, 5) is 11.9. The molecule has 20 heavy (non-hydrogen) atoms. The fourth-order valence-corrected chi connectivity index (χ4v) is 2.11. The Morgan fingerprint density at radius 1 is 1.15 bits per heavy atom. The Labute approximate surface area is 125 Å². The summed E-state index contributed by atoms with van der Waals surface area (Å²) in [6, 6.07) is 8.87. The molecule has 2 rings (SSSR count). The molecule has 0 aliphatic heterocycles. The molecule has 0 spiro atoms. The van der Waals surface area contributed by atoms with E-state index in [0.29, 0.717) is 0 Å². The van der Waals surface area contributed by atoms with Crippen molar-refractivity contribution in [1.82, 2.24) is 0 Å². The number of hydrogen-bond donors (Lipinski definition) is 1. The minimum atomic E-state index is -0.729. The third kappa shape index (κ3) is 3.03. The first kappa shape index (κ1) is 14.6. The molecule has 2 N–H and O–H groups in total. The average Bonchev–Trinajstić information content (AvgIpc) is 2.38.